The number of ketones is 1. The molecular formula is C14H13NO4. The average molecular weight is 259 g/mol. The number of rotatable bonds is 2. The van der Waals surface area contributed by atoms with Crippen molar-refractivity contribution in [2.24, 2.45) is 0 Å². The summed E-state index contributed by atoms with van der Waals surface area (Å²) >= 11 is 0. The van der Waals surface area contributed by atoms with E-state index in [1.807, 2.05) is 12.1 Å². The summed E-state index contributed by atoms with van der Waals surface area (Å²) in [6.07, 6.45) is 1.01. The van der Waals surface area contributed by atoms with Crippen LogP contribution in [0.1, 0.15) is 32.8 Å². The smallest absolute Gasteiger partial charge is 0.355 e. The standard InChI is InChI=1S/C14H13NO4/c1-18-10-6-4-8-11-7(10)3-5-9(16)12(11)13(15-8)14(17)19-2/h4,6,15H,3,5H2,1-2H3. The number of hydrogen-bond acceptors (Lipinski definition) is 4. The minimum absolute atomic E-state index is 0.0348. The molecular weight excluding hydrogens is 246 g/mol. The topological polar surface area (TPSA) is 68.4 Å². The maximum absolute atomic E-state index is 12.1. The molecule has 0 unspecified atom stereocenters. The number of aromatic amines is 1. The first-order chi connectivity index (χ1) is 9.17. The van der Waals surface area contributed by atoms with Crippen LogP contribution < -0.4 is 4.74 Å². The Bertz CT molecular complexity index is 699. The fraction of sp³-hybridized carbons (Fsp3) is 0.286. The second-order valence-electron chi connectivity index (χ2n) is 4.46. The van der Waals surface area contributed by atoms with Gasteiger partial charge >= 0.3 is 5.97 Å². The van der Waals surface area contributed by atoms with Gasteiger partial charge < -0.3 is 14.5 Å². The molecule has 0 fully saturated rings. The molecule has 0 saturated carbocycles. The summed E-state index contributed by atoms with van der Waals surface area (Å²) in [6, 6.07) is 3.65. The zero-order valence-electron chi connectivity index (χ0n) is 10.7. The number of hydrogen-bond donors (Lipinski definition) is 1. The van der Waals surface area contributed by atoms with Crippen LogP contribution in [0.2, 0.25) is 0 Å². The zero-order valence-corrected chi connectivity index (χ0v) is 10.7. The first-order valence-corrected chi connectivity index (χ1v) is 6.00. The van der Waals surface area contributed by atoms with Crippen molar-refractivity contribution in [3.8, 4) is 5.75 Å². The first-order valence-electron chi connectivity index (χ1n) is 6.00. The highest BCUT2D eigenvalue weighted by Gasteiger charge is 2.29. The van der Waals surface area contributed by atoms with E-state index in [-0.39, 0.29) is 11.5 Å². The normalized spacial score (nSPS) is 13.7. The number of Topliss-reactive ketones (excluding diaryl/α,β-unsaturated/α-hetero) is 1. The van der Waals surface area contributed by atoms with Gasteiger partial charge in [-0.2, -0.15) is 0 Å². The highest BCUT2D eigenvalue weighted by atomic mass is 16.5. The van der Waals surface area contributed by atoms with E-state index in [2.05, 4.69) is 4.98 Å². The number of methoxy groups -OCH3 is 2. The summed E-state index contributed by atoms with van der Waals surface area (Å²) in [4.78, 5) is 26.8. The van der Waals surface area contributed by atoms with E-state index in [9.17, 15) is 9.59 Å². The van der Waals surface area contributed by atoms with Crippen LogP contribution in [0.3, 0.4) is 0 Å². The van der Waals surface area contributed by atoms with Crippen LogP contribution in [0.5, 0.6) is 5.75 Å². The molecule has 0 atom stereocenters. The average Bonchev–Trinajstić information content (AvgIpc) is 2.83. The molecule has 1 aliphatic carbocycles. The van der Waals surface area contributed by atoms with E-state index in [1.165, 1.54) is 7.11 Å². The third-order valence-electron chi connectivity index (χ3n) is 3.52. The van der Waals surface area contributed by atoms with Gasteiger partial charge in [-0.15, -0.1) is 0 Å². The maximum Gasteiger partial charge on any atom is 0.355 e. The molecule has 98 valence electrons. The van der Waals surface area contributed by atoms with Gasteiger partial charge in [0.1, 0.15) is 11.4 Å². The molecule has 0 spiro atoms. The Morgan fingerprint density at radius 2 is 2.05 bits per heavy atom. The number of H-pyrrole nitrogens is 1. The Morgan fingerprint density at radius 1 is 1.26 bits per heavy atom. The van der Waals surface area contributed by atoms with Gasteiger partial charge in [-0.3, -0.25) is 4.79 Å². The van der Waals surface area contributed by atoms with Crippen LogP contribution in [0.4, 0.5) is 0 Å². The maximum atomic E-state index is 12.1. The van der Waals surface area contributed by atoms with Crippen LogP contribution in [0.15, 0.2) is 12.1 Å². The lowest BCUT2D eigenvalue weighted by molar-refractivity contribution is 0.0591. The molecule has 1 heterocycles. The molecule has 3 rings (SSSR count). The Labute approximate surface area is 109 Å². The molecule has 19 heavy (non-hydrogen) atoms. The third kappa shape index (κ3) is 1.54. The molecule has 1 N–H and O–H groups in total. The van der Waals surface area contributed by atoms with E-state index >= 15 is 0 Å². The monoisotopic (exact) mass is 259 g/mol. The third-order valence-corrected chi connectivity index (χ3v) is 3.52. The summed E-state index contributed by atoms with van der Waals surface area (Å²) in [5, 5.41) is 0.788. The van der Waals surface area contributed by atoms with E-state index in [0.717, 1.165) is 22.2 Å². The Kier molecular flexibility index (Phi) is 2.55. The summed E-state index contributed by atoms with van der Waals surface area (Å²) in [6.45, 7) is 0. The molecule has 1 aromatic heterocycles. The van der Waals surface area contributed by atoms with Crippen molar-refractivity contribution in [3.63, 3.8) is 0 Å². The predicted molar refractivity (Wildman–Crippen MR) is 68.8 cm³/mol. The number of aromatic nitrogens is 1. The van der Waals surface area contributed by atoms with Crippen LogP contribution in [-0.4, -0.2) is 31.0 Å². The van der Waals surface area contributed by atoms with Gasteiger partial charge in [0.05, 0.1) is 19.8 Å². The minimum atomic E-state index is -0.522. The van der Waals surface area contributed by atoms with Crippen LogP contribution in [0, 0.1) is 0 Å². The number of carbonyl (C=O) groups is 2. The molecule has 0 saturated heterocycles. The van der Waals surface area contributed by atoms with Crippen molar-refractivity contribution in [1.29, 1.82) is 0 Å². The molecule has 5 heteroatoms. The van der Waals surface area contributed by atoms with E-state index < -0.39 is 5.97 Å². The largest absolute Gasteiger partial charge is 0.496 e. The number of carbonyl (C=O) groups excluding carboxylic acids is 2. The number of benzene rings is 1. The molecule has 0 aliphatic heterocycles. The molecule has 0 bridgehead atoms. The van der Waals surface area contributed by atoms with Crippen LogP contribution >= 0.6 is 0 Å². The van der Waals surface area contributed by atoms with Crippen molar-refractivity contribution in [2.45, 2.75) is 12.8 Å². The Hall–Kier alpha value is -2.30. The number of ether oxygens (including phenoxy) is 2. The number of esters is 1. The molecule has 0 radical (unpaired) electrons. The predicted octanol–water partition coefficient (Wildman–Crippen LogP) is 2.09. The van der Waals surface area contributed by atoms with Gasteiger partial charge in [0, 0.05) is 22.9 Å². The van der Waals surface area contributed by atoms with Gasteiger partial charge in [0.15, 0.2) is 5.78 Å². The summed E-state index contributed by atoms with van der Waals surface area (Å²) in [5.74, 6) is 0.190. The first kappa shape index (κ1) is 11.8. The summed E-state index contributed by atoms with van der Waals surface area (Å²) < 4.78 is 10.0. The zero-order chi connectivity index (χ0) is 13.6. The van der Waals surface area contributed by atoms with Gasteiger partial charge in [0.2, 0.25) is 0 Å². The van der Waals surface area contributed by atoms with Crippen molar-refractivity contribution in [3.05, 3.63) is 29.0 Å². The van der Waals surface area contributed by atoms with Crippen molar-refractivity contribution in [2.75, 3.05) is 14.2 Å². The summed E-state index contributed by atoms with van der Waals surface area (Å²) in [7, 11) is 2.90. The lowest BCUT2D eigenvalue weighted by Crippen LogP contribution is -2.13. The lowest BCUT2D eigenvalue weighted by Gasteiger charge is -2.15. The van der Waals surface area contributed by atoms with E-state index in [0.29, 0.717) is 18.4 Å². The lowest BCUT2D eigenvalue weighted by atomic mass is 9.90. The van der Waals surface area contributed by atoms with Gasteiger partial charge in [-0.05, 0) is 18.6 Å². The van der Waals surface area contributed by atoms with Crippen LogP contribution in [-0.2, 0) is 11.2 Å². The molecule has 0 amide bonds. The molecule has 2 aromatic rings. The van der Waals surface area contributed by atoms with Gasteiger partial charge in [-0.25, -0.2) is 4.79 Å². The van der Waals surface area contributed by atoms with E-state index in [4.69, 9.17) is 9.47 Å². The van der Waals surface area contributed by atoms with Crippen molar-refractivity contribution in [1.82, 2.24) is 4.98 Å². The van der Waals surface area contributed by atoms with E-state index in [1.54, 1.807) is 7.11 Å². The fourth-order valence-electron chi connectivity index (χ4n) is 2.68. The number of aryl methyl sites for hydroxylation is 1. The molecule has 5 nitrogen and oxygen atoms in total. The Morgan fingerprint density at radius 3 is 2.74 bits per heavy atom. The van der Waals surface area contributed by atoms with Gasteiger partial charge in [-0.1, -0.05) is 0 Å². The highest BCUT2D eigenvalue weighted by Crippen LogP contribution is 2.37. The quantitative estimate of drug-likeness (QED) is 0.838. The van der Waals surface area contributed by atoms with Crippen molar-refractivity contribution >= 4 is 22.7 Å². The molecule has 1 aliphatic rings. The van der Waals surface area contributed by atoms with Crippen LogP contribution in [0.25, 0.3) is 10.9 Å². The number of nitrogens with one attached hydrogen (secondary N) is 1. The second-order valence-corrected chi connectivity index (χ2v) is 4.46. The fourth-order valence-corrected chi connectivity index (χ4v) is 2.68. The highest BCUT2D eigenvalue weighted by molar-refractivity contribution is 6.17. The van der Waals surface area contributed by atoms with Crippen molar-refractivity contribution < 1.29 is 19.1 Å². The minimum Gasteiger partial charge on any atom is -0.496 e. The van der Waals surface area contributed by atoms with Gasteiger partial charge in [0.25, 0.3) is 0 Å². The summed E-state index contributed by atoms with van der Waals surface area (Å²) in [5.41, 5.74) is 2.40. The Balaban J connectivity index is 2.39. The SMILES string of the molecule is COC(=O)c1[nH]c2ccc(OC)c3c2c1C(=O)CC3. The second kappa shape index (κ2) is 4.12. The molecule has 1 aromatic carbocycles.